The Hall–Kier alpha value is -3.12. The van der Waals surface area contributed by atoms with Crippen LogP contribution in [0, 0.1) is 6.92 Å². The molecule has 0 aromatic heterocycles. The molecule has 0 aliphatic rings. The van der Waals surface area contributed by atoms with Crippen LogP contribution in [0.5, 0.6) is 5.75 Å². The van der Waals surface area contributed by atoms with Crippen molar-refractivity contribution in [2.75, 3.05) is 13.2 Å². The van der Waals surface area contributed by atoms with E-state index in [1.54, 1.807) is 4.90 Å². The Bertz CT molecular complexity index is 1180. The Morgan fingerprint density at radius 2 is 1.68 bits per heavy atom. The molecular weight excluding hydrogens is 540 g/mol. The van der Waals surface area contributed by atoms with Crippen LogP contribution < -0.4 is 10.1 Å². The van der Waals surface area contributed by atoms with Gasteiger partial charge in [0.1, 0.15) is 11.8 Å². The number of amides is 2. The molecular formula is C32H39BrN2O3. The van der Waals surface area contributed by atoms with E-state index in [1.165, 1.54) is 5.56 Å². The molecule has 0 aliphatic carbocycles. The number of hydrogen-bond donors (Lipinski definition) is 1. The molecule has 0 saturated heterocycles. The Labute approximate surface area is 235 Å². The number of aryl methyl sites for hydroxylation is 1. The second kappa shape index (κ2) is 14.7. The summed E-state index contributed by atoms with van der Waals surface area (Å²) in [4.78, 5) is 28.9. The fourth-order valence-corrected chi connectivity index (χ4v) is 4.68. The van der Waals surface area contributed by atoms with Gasteiger partial charge < -0.3 is 15.0 Å². The minimum atomic E-state index is -0.668. The minimum absolute atomic E-state index is 0.148. The smallest absolute Gasteiger partial charge is 0.261 e. The van der Waals surface area contributed by atoms with Crippen LogP contribution in [-0.4, -0.2) is 35.9 Å². The van der Waals surface area contributed by atoms with E-state index in [9.17, 15) is 9.59 Å². The number of halogens is 1. The first-order chi connectivity index (χ1) is 18.3. The van der Waals surface area contributed by atoms with Crippen molar-refractivity contribution in [1.29, 1.82) is 0 Å². The molecule has 1 N–H and O–H groups in total. The van der Waals surface area contributed by atoms with Gasteiger partial charge >= 0.3 is 0 Å². The number of nitrogens with zero attached hydrogens (tertiary/aromatic N) is 1. The van der Waals surface area contributed by atoms with Gasteiger partial charge in [0, 0.05) is 19.5 Å². The van der Waals surface area contributed by atoms with Gasteiger partial charge in [0.2, 0.25) is 5.91 Å². The molecule has 0 aliphatic heterocycles. The predicted molar refractivity (Wildman–Crippen MR) is 157 cm³/mol. The van der Waals surface area contributed by atoms with Crippen molar-refractivity contribution in [3.05, 3.63) is 99.5 Å². The maximum Gasteiger partial charge on any atom is 0.261 e. The van der Waals surface area contributed by atoms with E-state index in [-0.39, 0.29) is 18.4 Å². The fraction of sp³-hybridized carbons (Fsp3) is 0.375. The SMILES string of the molecule is CCCCNC(=O)[C@H](Cc1ccccc1)N(Cc1ccc(C)cc1)C(=O)COc1ccc(C(C)C)cc1Br. The lowest BCUT2D eigenvalue weighted by Crippen LogP contribution is -2.51. The lowest BCUT2D eigenvalue weighted by atomic mass is 10.0. The summed E-state index contributed by atoms with van der Waals surface area (Å²) < 4.78 is 6.79. The van der Waals surface area contributed by atoms with Crippen LogP contribution in [0.2, 0.25) is 0 Å². The zero-order chi connectivity index (χ0) is 27.5. The number of rotatable bonds is 13. The maximum absolute atomic E-state index is 13.7. The Balaban J connectivity index is 1.88. The monoisotopic (exact) mass is 578 g/mol. The van der Waals surface area contributed by atoms with Crippen LogP contribution in [0.4, 0.5) is 0 Å². The molecule has 0 heterocycles. The lowest BCUT2D eigenvalue weighted by molar-refractivity contribution is -0.142. The Morgan fingerprint density at radius 3 is 2.32 bits per heavy atom. The lowest BCUT2D eigenvalue weighted by Gasteiger charge is -2.31. The van der Waals surface area contributed by atoms with Crippen molar-refractivity contribution < 1.29 is 14.3 Å². The second-order valence-electron chi connectivity index (χ2n) is 9.99. The summed E-state index contributed by atoms with van der Waals surface area (Å²) in [6, 6.07) is 23.1. The summed E-state index contributed by atoms with van der Waals surface area (Å²) >= 11 is 3.58. The van der Waals surface area contributed by atoms with Crippen molar-refractivity contribution >= 4 is 27.7 Å². The minimum Gasteiger partial charge on any atom is -0.483 e. The standard InChI is InChI=1S/C32H39BrN2O3/c1-5-6-18-34-32(37)29(19-25-10-8-7-9-11-25)35(21-26-14-12-24(4)13-15-26)31(36)22-38-30-17-16-27(23(2)3)20-28(30)33/h7-17,20,23,29H,5-6,18-19,21-22H2,1-4H3,(H,34,37)/t29-/m0/s1. The average molecular weight is 580 g/mol. The highest BCUT2D eigenvalue weighted by molar-refractivity contribution is 9.10. The number of nitrogens with one attached hydrogen (secondary N) is 1. The molecule has 0 fully saturated rings. The summed E-state index contributed by atoms with van der Waals surface area (Å²) in [5, 5.41) is 3.05. The molecule has 2 amide bonds. The largest absolute Gasteiger partial charge is 0.483 e. The van der Waals surface area contributed by atoms with Gasteiger partial charge in [-0.05, 0) is 64.0 Å². The Morgan fingerprint density at radius 1 is 0.974 bits per heavy atom. The fourth-order valence-electron chi connectivity index (χ4n) is 4.17. The topological polar surface area (TPSA) is 58.6 Å². The van der Waals surface area contributed by atoms with E-state index in [4.69, 9.17) is 4.74 Å². The third kappa shape index (κ3) is 8.73. The van der Waals surface area contributed by atoms with Crippen molar-refractivity contribution in [1.82, 2.24) is 10.2 Å². The zero-order valence-electron chi connectivity index (χ0n) is 22.9. The maximum atomic E-state index is 13.7. The molecule has 202 valence electrons. The summed E-state index contributed by atoms with van der Waals surface area (Å²) in [6.07, 6.45) is 2.29. The number of carbonyl (C=O) groups excluding carboxylic acids is 2. The number of unbranched alkanes of at least 4 members (excludes halogenated alkanes) is 1. The highest BCUT2D eigenvalue weighted by atomic mass is 79.9. The predicted octanol–water partition coefficient (Wildman–Crippen LogP) is 6.82. The summed E-state index contributed by atoms with van der Waals surface area (Å²) in [6.45, 7) is 9.11. The van der Waals surface area contributed by atoms with E-state index < -0.39 is 6.04 Å². The molecule has 0 unspecified atom stereocenters. The van der Waals surface area contributed by atoms with Gasteiger partial charge in [-0.3, -0.25) is 9.59 Å². The first-order valence-electron chi connectivity index (χ1n) is 13.4. The first-order valence-corrected chi connectivity index (χ1v) is 14.2. The van der Waals surface area contributed by atoms with Crippen molar-refractivity contribution in [3.8, 4) is 5.75 Å². The average Bonchev–Trinajstić information content (AvgIpc) is 2.91. The molecule has 5 nitrogen and oxygen atoms in total. The van der Waals surface area contributed by atoms with E-state index >= 15 is 0 Å². The summed E-state index contributed by atoms with van der Waals surface area (Å²) in [5.74, 6) is 0.601. The molecule has 3 aromatic rings. The van der Waals surface area contributed by atoms with E-state index in [0.29, 0.717) is 31.2 Å². The number of hydrogen-bond acceptors (Lipinski definition) is 3. The van der Waals surface area contributed by atoms with Gasteiger partial charge in [0.25, 0.3) is 5.91 Å². The Kier molecular flexibility index (Phi) is 11.4. The number of carbonyl (C=O) groups is 2. The first kappa shape index (κ1) is 29.4. The third-order valence-electron chi connectivity index (χ3n) is 6.55. The van der Waals surface area contributed by atoms with Crippen molar-refractivity contribution in [2.45, 2.75) is 65.5 Å². The normalized spacial score (nSPS) is 11.7. The molecule has 0 spiro atoms. The highest BCUT2D eigenvalue weighted by Gasteiger charge is 2.30. The van der Waals surface area contributed by atoms with Crippen LogP contribution in [-0.2, 0) is 22.6 Å². The highest BCUT2D eigenvalue weighted by Crippen LogP contribution is 2.29. The van der Waals surface area contributed by atoms with Crippen LogP contribution in [0.3, 0.4) is 0 Å². The zero-order valence-corrected chi connectivity index (χ0v) is 24.5. The molecule has 38 heavy (non-hydrogen) atoms. The molecule has 0 saturated carbocycles. The van der Waals surface area contributed by atoms with Gasteiger partial charge in [-0.2, -0.15) is 0 Å². The number of benzene rings is 3. The quantitative estimate of drug-likeness (QED) is 0.226. The molecule has 0 bridgehead atoms. The summed E-state index contributed by atoms with van der Waals surface area (Å²) in [7, 11) is 0. The van der Waals surface area contributed by atoms with Gasteiger partial charge in [-0.1, -0.05) is 93.4 Å². The van der Waals surface area contributed by atoms with Gasteiger partial charge in [-0.25, -0.2) is 0 Å². The van der Waals surface area contributed by atoms with Crippen LogP contribution in [0.25, 0.3) is 0 Å². The number of ether oxygens (including phenoxy) is 1. The molecule has 1 atom stereocenters. The van der Waals surface area contributed by atoms with Crippen LogP contribution in [0.1, 0.15) is 61.8 Å². The third-order valence-corrected chi connectivity index (χ3v) is 7.17. The van der Waals surface area contributed by atoms with Crippen molar-refractivity contribution in [3.63, 3.8) is 0 Å². The van der Waals surface area contributed by atoms with Crippen LogP contribution >= 0.6 is 15.9 Å². The van der Waals surface area contributed by atoms with E-state index in [0.717, 1.165) is 34.0 Å². The van der Waals surface area contributed by atoms with Gasteiger partial charge in [0.05, 0.1) is 4.47 Å². The van der Waals surface area contributed by atoms with E-state index in [1.807, 2.05) is 79.7 Å². The van der Waals surface area contributed by atoms with Crippen LogP contribution in [0.15, 0.2) is 77.3 Å². The molecule has 0 radical (unpaired) electrons. The second-order valence-corrected chi connectivity index (χ2v) is 10.8. The van der Waals surface area contributed by atoms with Crippen molar-refractivity contribution in [2.24, 2.45) is 0 Å². The summed E-state index contributed by atoms with van der Waals surface area (Å²) in [5.41, 5.74) is 4.29. The molecule has 3 aromatic carbocycles. The van der Waals surface area contributed by atoms with Gasteiger partial charge in [0.15, 0.2) is 6.61 Å². The van der Waals surface area contributed by atoms with E-state index in [2.05, 4.69) is 42.0 Å². The van der Waals surface area contributed by atoms with Gasteiger partial charge in [-0.15, -0.1) is 0 Å². The molecule has 6 heteroatoms. The molecule has 3 rings (SSSR count).